The van der Waals surface area contributed by atoms with Crippen LogP contribution in [0.2, 0.25) is 0 Å². The maximum absolute atomic E-state index is 12.6. The van der Waals surface area contributed by atoms with Gasteiger partial charge >= 0.3 is 0 Å². The third kappa shape index (κ3) is 6.33. The van der Waals surface area contributed by atoms with Crippen LogP contribution in [0.15, 0.2) is 30.3 Å². The fraction of sp³-hybridized carbons (Fsp3) is 0.579. The maximum Gasteiger partial charge on any atom is 0.224 e. The van der Waals surface area contributed by atoms with Crippen molar-refractivity contribution in [3.63, 3.8) is 0 Å². The van der Waals surface area contributed by atoms with Crippen LogP contribution in [0.1, 0.15) is 57.1 Å². The Balaban J connectivity index is 0.00000312. The summed E-state index contributed by atoms with van der Waals surface area (Å²) in [7, 11) is 0. The summed E-state index contributed by atoms with van der Waals surface area (Å²) < 4.78 is 0. The predicted octanol–water partition coefficient (Wildman–Crippen LogP) is 2.68. The molecule has 0 bridgehead atoms. The van der Waals surface area contributed by atoms with Crippen LogP contribution in [0.4, 0.5) is 0 Å². The SMILES string of the molecule is CC(C(=O)NC(CC(N)=O)C1CCCCC1)C(N)c1ccccc1.Cl. The van der Waals surface area contributed by atoms with Gasteiger partial charge in [0.2, 0.25) is 11.8 Å². The monoisotopic (exact) mass is 367 g/mol. The van der Waals surface area contributed by atoms with E-state index in [1.54, 1.807) is 0 Å². The van der Waals surface area contributed by atoms with Crippen molar-refractivity contribution in [1.29, 1.82) is 0 Å². The first kappa shape index (κ1) is 21.5. The van der Waals surface area contributed by atoms with Crippen molar-refractivity contribution in [2.45, 2.75) is 57.5 Å². The number of nitrogens with two attached hydrogens (primary N) is 2. The number of amides is 2. The van der Waals surface area contributed by atoms with E-state index in [4.69, 9.17) is 11.5 Å². The summed E-state index contributed by atoms with van der Waals surface area (Å²) >= 11 is 0. The molecule has 3 unspecified atom stereocenters. The number of carbonyl (C=O) groups excluding carboxylic acids is 2. The number of hydrogen-bond acceptors (Lipinski definition) is 3. The van der Waals surface area contributed by atoms with Crippen molar-refractivity contribution in [3.8, 4) is 0 Å². The Hall–Kier alpha value is -1.59. The van der Waals surface area contributed by atoms with Gasteiger partial charge in [-0.05, 0) is 24.3 Å². The average molecular weight is 368 g/mol. The van der Waals surface area contributed by atoms with Crippen molar-refractivity contribution in [2.75, 3.05) is 0 Å². The second-order valence-electron chi connectivity index (χ2n) is 6.91. The molecular weight excluding hydrogens is 338 g/mol. The molecule has 2 amide bonds. The van der Waals surface area contributed by atoms with Crippen LogP contribution in [-0.4, -0.2) is 17.9 Å². The second kappa shape index (κ2) is 10.4. The van der Waals surface area contributed by atoms with E-state index in [2.05, 4.69) is 5.32 Å². The van der Waals surface area contributed by atoms with Gasteiger partial charge in [-0.3, -0.25) is 9.59 Å². The molecule has 1 saturated carbocycles. The zero-order chi connectivity index (χ0) is 17.5. The summed E-state index contributed by atoms with van der Waals surface area (Å²) in [5.41, 5.74) is 12.6. The van der Waals surface area contributed by atoms with Crippen LogP contribution in [0.25, 0.3) is 0 Å². The summed E-state index contributed by atoms with van der Waals surface area (Å²) in [5.74, 6) is -0.518. The molecule has 6 heteroatoms. The number of rotatable bonds is 7. The van der Waals surface area contributed by atoms with Gasteiger partial charge in [0.05, 0.1) is 5.92 Å². The number of nitrogens with one attached hydrogen (secondary N) is 1. The van der Waals surface area contributed by atoms with Crippen molar-refractivity contribution < 1.29 is 9.59 Å². The van der Waals surface area contributed by atoms with Crippen LogP contribution < -0.4 is 16.8 Å². The van der Waals surface area contributed by atoms with Gasteiger partial charge in [-0.15, -0.1) is 12.4 Å². The lowest BCUT2D eigenvalue weighted by Gasteiger charge is -2.32. The highest BCUT2D eigenvalue weighted by Gasteiger charge is 2.29. The molecule has 5 nitrogen and oxygen atoms in total. The summed E-state index contributed by atoms with van der Waals surface area (Å²) in [5, 5.41) is 3.05. The molecule has 0 saturated heterocycles. The summed E-state index contributed by atoms with van der Waals surface area (Å²) in [6.45, 7) is 1.83. The third-order valence-electron chi connectivity index (χ3n) is 5.10. The minimum Gasteiger partial charge on any atom is -0.370 e. The van der Waals surface area contributed by atoms with E-state index in [-0.39, 0.29) is 48.6 Å². The highest BCUT2D eigenvalue weighted by atomic mass is 35.5. The zero-order valence-corrected chi connectivity index (χ0v) is 15.6. The van der Waals surface area contributed by atoms with Gasteiger partial charge in [0.1, 0.15) is 0 Å². The van der Waals surface area contributed by atoms with Crippen LogP contribution in [0, 0.1) is 11.8 Å². The van der Waals surface area contributed by atoms with Crippen LogP contribution >= 0.6 is 12.4 Å². The molecule has 1 aromatic rings. The zero-order valence-electron chi connectivity index (χ0n) is 14.8. The topological polar surface area (TPSA) is 98.2 Å². The molecular formula is C19H30ClN3O2. The Morgan fingerprint density at radius 3 is 2.32 bits per heavy atom. The van der Waals surface area contributed by atoms with E-state index in [0.29, 0.717) is 5.92 Å². The van der Waals surface area contributed by atoms with Gasteiger partial charge in [0.15, 0.2) is 0 Å². The van der Waals surface area contributed by atoms with Gasteiger partial charge in [0.25, 0.3) is 0 Å². The van der Waals surface area contributed by atoms with Crippen LogP contribution in [0.3, 0.4) is 0 Å². The molecule has 25 heavy (non-hydrogen) atoms. The highest BCUT2D eigenvalue weighted by Crippen LogP contribution is 2.28. The van der Waals surface area contributed by atoms with Gasteiger partial charge in [0, 0.05) is 18.5 Å². The minimum absolute atomic E-state index is 0. The number of hydrogen-bond donors (Lipinski definition) is 3. The van der Waals surface area contributed by atoms with E-state index in [1.165, 1.54) is 6.42 Å². The molecule has 2 rings (SSSR count). The van der Waals surface area contributed by atoms with E-state index in [0.717, 1.165) is 31.2 Å². The quantitative estimate of drug-likeness (QED) is 0.690. The Morgan fingerprint density at radius 1 is 1.16 bits per heavy atom. The summed E-state index contributed by atoms with van der Waals surface area (Å²) in [6.07, 6.45) is 5.80. The molecule has 1 aliphatic rings. The van der Waals surface area contributed by atoms with E-state index in [9.17, 15) is 9.59 Å². The fourth-order valence-electron chi connectivity index (χ4n) is 3.53. The van der Waals surface area contributed by atoms with Crippen molar-refractivity contribution in [3.05, 3.63) is 35.9 Å². The van der Waals surface area contributed by atoms with Crippen molar-refractivity contribution in [2.24, 2.45) is 23.3 Å². The number of benzene rings is 1. The first-order valence-corrected chi connectivity index (χ1v) is 8.88. The fourth-order valence-corrected chi connectivity index (χ4v) is 3.53. The van der Waals surface area contributed by atoms with Crippen LogP contribution in [0.5, 0.6) is 0 Å². The average Bonchev–Trinajstić information content (AvgIpc) is 2.61. The lowest BCUT2D eigenvalue weighted by molar-refractivity contribution is -0.127. The molecule has 1 aliphatic carbocycles. The Bertz CT molecular complexity index is 547. The number of carbonyl (C=O) groups is 2. The van der Waals surface area contributed by atoms with Crippen molar-refractivity contribution in [1.82, 2.24) is 5.32 Å². The molecule has 0 spiro atoms. The molecule has 0 aromatic heterocycles. The molecule has 0 heterocycles. The molecule has 1 fully saturated rings. The molecule has 5 N–H and O–H groups in total. The Labute approximate surface area is 156 Å². The van der Waals surface area contributed by atoms with Crippen LogP contribution in [-0.2, 0) is 9.59 Å². The van der Waals surface area contributed by atoms with Gasteiger partial charge in [-0.2, -0.15) is 0 Å². The first-order chi connectivity index (χ1) is 11.5. The second-order valence-corrected chi connectivity index (χ2v) is 6.91. The van der Waals surface area contributed by atoms with E-state index < -0.39 is 0 Å². The largest absolute Gasteiger partial charge is 0.370 e. The number of primary amides is 1. The Kier molecular flexibility index (Phi) is 8.93. The van der Waals surface area contributed by atoms with Gasteiger partial charge < -0.3 is 16.8 Å². The van der Waals surface area contributed by atoms with E-state index >= 15 is 0 Å². The smallest absolute Gasteiger partial charge is 0.224 e. The molecule has 0 radical (unpaired) electrons. The number of halogens is 1. The molecule has 140 valence electrons. The lowest BCUT2D eigenvalue weighted by atomic mass is 9.82. The standard InChI is InChI=1S/C19H29N3O2.ClH/c1-13(18(21)15-10-6-3-7-11-15)19(24)22-16(12-17(20)23)14-8-4-2-5-9-14;/h3,6-7,10-11,13-14,16,18H,2,4-5,8-9,12,21H2,1H3,(H2,20,23)(H,22,24);1H. The first-order valence-electron chi connectivity index (χ1n) is 8.88. The van der Waals surface area contributed by atoms with Gasteiger partial charge in [-0.1, -0.05) is 56.5 Å². The predicted molar refractivity (Wildman–Crippen MR) is 102 cm³/mol. The van der Waals surface area contributed by atoms with E-state index in [1.807, 2.05) is 37.3 Å². The molecule has 0 aliphatic heterocycles. The van der Waals surface area contributed by atoms with Crippen molar-refractivity contribution >= 4 is 24.2 Å². The Morgan fingerprint density at radius 2 is 1.76 bits per heavy atom. The normalized spacial score (nSPS) is 18.5. The minimum atomic E-state index is -0.370. The summed E-state index contributed by atoms with van der Waals surface area (Å²) in [6, 6.07) is 9.06. The lowest BCUT2D eigenvalue weighted by Crippen LogP contribution is -2.47. The van der Waals surface area contributed by atoms with Gasteiger partial charge in [-0.25, -0.2) is 0 Å². The third-order valence-corrected chi connectivity index (χ3v) is 5.10. The highest BCUT2D eigenvalue weighted by molar-refractivity contribution is 5.85. The summed E-state index contributed by atoms with van der Waals surface area (Å²) in [4.78, 5) is 24.1. The maximum atomic E-state index is 12.6. The molecule has 1 aromatic carbocycles. The molecule has 3 atom stereocenters.